The number of nitrogens with one attached hydrogen (secondary N) is 1. The molecular weight excluding hydrogens is 322 g/mol. The van der Waals surface area contributed by atoms with E-state index in [4.69, 9.17) is 9.47 Å². The van der Waals surface area contributed by atoms with Crippen LogP contribution in [0.15, 0.2) is 24.3 Å². The van der Waals surface area contributed by atoms with Crippen molar-refractivity contribution in [1.29, 1.82) is 0 Å². The molecule has 0 unspecified atom stereocenters. The number of benzene rings is 1. The summed E-state index contributed by atoms with van der Waals surface area (Å²) in [6.45, 7) is -0.202. The van der Waals surface area contributed by atoms with Crippen molar-refractivity contribution in [2.24, 2.45) is 0 Å². The van der Waals surface area contributed by atoms with Crippen LogP contribution in [0, 0.1) is 0 Å². The molecule has 1 N–H and O–H groups in total. The minimum absolute atomic E-state index is 0.0156. The van der Waals surface area contributed by atoms with E-state index in [9.17, 15) is 9.59 Å². The van der Waals surface area contributed by atoms with Crippen LogP contribution in [0.3, 0.4) is 0 Å². The van der Waals surface area contributed by atoms with Gasteiger partial charge in [0, 0.05) is 0 Å². The molecule has 8 nitrogen and oxygen atoms in total. The Labute approximate surface area is 136 Å². The topological polar surface area (TPSA) is 99.6 Å². The first-order valence-corrected chi connectivity index (χ1v) is 7.39. The van der Waals surface area contributed by atoms with Crippen LogP contribution in [0.1, 0.15) is 5.01 Å². The third-order valence-electron chi connectivity index (χ3n) is 2.66. The van der Waals surface area contributed by atoms with Crippen molar-refractivity contribution < 1.29 is 23.8 Å². The SMILES string of the molecule is COC(=O)Cc1nnc(NC(=O)COc2ccccc2OC)s1. The molecule has 0 radical (unpaired) electrons. The van der Waals surface area contributed by atoms with E-state index in [1.165, 1.54) is 14.2 Å². The molecular formula is C14H15N3O5S. The number of methoxy groups -OCH3 is 2. The summed E-state index contributed by atoms with van der Waals surface area (Å²) in [4.78, 5) is 23.0. The molecule has 0 spiro atoms. The summed E-state index contributed by atoms with van der Waals surface area (Å²) in [5.74, 6) is 0.195. The molecule has 23 heavy (non-hydrogen) atoms. The number of hydrogen-bond donors (Lipinski definition) is 1. The molecule has 0 aliphatic rings. The van der Waals surface area contributed by atoms with Crippen LogP contribution in [0.5, 0.6) is 11.5 Å². The molecule has 0 saturated carbocycles. The summed E-state index contributed by atoms with van der Waals surface area (Å²) < 4.78 is 15.1. The Hall–Kier alpha value is -2.68. The van der Waals surface area contributed by atoms with Gasteiger partial charge in [0.15, 0.2) is 18.1 Å². The van der Waals surface area contributed by atoms with Crippen LogP contribution in [0.4, 0.5) is 5.13 Å². The zero-order valence-electron chi connectivity index (χ0n) is 12.6. The monoisotopic (exact) mass is 337 g/mol. The van der Waals surface area contributed by atoms with E-state index in [2.05, 4.69) is 20.3 Å². The molecule has 122 valence electrons. The molecule has 1 aromatic heterocycles. The quantitative estimate of drug-likeness (QED) is 0.760. The van der Waals surface area contributed by atoms with Gasteiger partial charge in [0.2, 0.25) is 5.13 Å². The van der Waals surface area contributed by atoms with Gasteiger partial charge in [-0.15, -0.1) is 10.2 Å². The van der Waals surface area contributed by atoms with Gasteiger partial charge in [-0.1, -0.05) is 23.5 Å². The van der Waals surface area contributed by atoms with Crippen LogP contribution in [-0.4, -0.2) is 42.9 Å². The molecule has 0 aliphatic heterocycles. The molecule has 2 aromatic rings. The Bertz CT molecular complexity index is 689. The van der Waals surface area contributed by atoms with Crippen molar-refractivity contribution in [3.8, 4) is 11.5 Å². The van der Waals surface area contributed by atoms with Gasteiger partial charge in [-0.25, -0.2) is 0 Å². The van der Waals surface area contributed by atoms with Crippen LogP contribution >= 0.6 is 11.3 Å². The Morgan fingerprint density at radius 3 is 2.61 bits per heavy atom. The largest absolute Gasteiger partial charge is 0.493 e. The number of amides is 1. The molecule has 2 rings (SSSR count). The van der Waals surface area contributed by atoms with E-state index in [0.29, 0.717) is 16.5 Å². The third kappa shape index (κ3) is 4.92. The highest BCUT2D eigenvalue weighted by Gasteiger charge is 2.12. The summed E-state index contributed by atoms with van der Waals surface area (Å²) in [6.07, 6.45) is 0.0156. The number of carbonyl (C=O) groups is 2. The van der Waals surface area contributed by atoms with Crippen LogP contribution in [0.2, 0.25) is 0 Å². The Morgan fingerprint density at radius 1 is 1.17 bits per heavy atom. The van der Waals surface area contributed by atoms with Gasteiger partial charge in [0.05, 0.1) is 20.6 Å². The van der Waals surface area contributed by atoms with Crippen molar-refractivity contribution in [3.05, 3.63) is 29.3 Å². The smallest absolute Gasteiger partial charge is 0.312 e. The highest BCUT2D eigenvalue weighted by atomic mass is 32.1. The molecule has 0 fully saturated rings. The van der Waals surface area contributed by atoms with Gasteiger partial charge in [-0.05, 0) is 12.1 Å². The maximum absolute atomic E-state index is 11.8. The summed E-state index contributed by atoms with van der Waals surface area (Å²) >= 11 is 1.10. The Morgan fingerprint density at radius 2 is 1.91 bits per heavy atom. The molecule has 1 heterocycles. The van der Waals surface area contributed by atoms with Gasteiger partial charge in [0.1, 0.15) is 5.01 Å². The number of carbonyl (C=O) groups excluding carboxylic acids is 2. The predicted octanol–water partition coefficient (Wildman–Crippen LogP) is 1.28. The number of esters is 1. The van der Waals surface area contributed by atoms with Crippen molar-refractivity contribution >= 4 is 28.3 Å². The lowest BCUT2D eigenvalue weighted by Crippen LogP contribution is -2.20. The van der Waals surface area contributed by atoms with Crippen molar-refractivity contribution in [1.82, 2.24) is 10.2 Å². The van der Waals surface area contributed by atoms with Crippen molar-refractivity contribution in [3.63, 3.8) is 0 Å². The number of aromatic nitrogens is 2. The lowest BCUT2D eigenvalue weighted by Gasteiger charge is -2.09. The van der Waals surface area contributed by atoms with Crippen molar-refractivity contribution in [2.75, 3.05) is 26.1 Å². The van der Waals surface area contributed by atoms with Gasteiger partial charge < -0.3 is 14.2 Å². The van der Waals surface area contributed by atoms with Crippen LogP contribution < -0.4 is 14.8 Å². The molecule has 9 heteroatoms. The van der Waals surface area contributed by atoms with Gasteiger partial charge in [-0.2, -0.15) is 0 Å². The molecule has 0 aliphatic carbocycles. The highest BCUT2D eigenvalue weighted by Crippen LogP contribution is 2.25. The number of nitrogens with zero attached hydrogens (tertiary/aromatic N) is 2. The normalized spacial score (nSPS) is 10.0. The molecule has 1 amide bonds. The molecule has 0 atom stereocenters. The maximum Gasteiger partial charge on any atom is 0.312 e. The first kappa shape index (κ1) is 16.7. The second kappa shape index (κ2) is 8.08. The minimum atomic E-state index is -0.418. The molecule has 0 saturated heterocycles. The zero-order chi connectivity index (χ0) is 16.7. The second-order valence-corrected chi connectivity index (χ2v) is 5.30. The molecule has 0 bridgehead atoms. The van der Waals surface area contributed by atoms with Crippen molar-refractivity contribution in [2.45, 2.75) is 6.42 Å². The average molecular weight is 337 g/mol. The summed E-state index contributed by atoms with van der Waals surface area (Å²) in [5.41, 5.74) is 0. The minimum Gasteiger partial charge on any atom is -0.493 e. The average Bonchev–Trinajstić information content (AvgIpc) is 2.99. The van der Waals surface area contributed by atoms with Crippen LogP contribution in [-0.2, 0) is 20.7 Å². The fourth-order valence-corrected chi connectivity index (χ4v) is 2.35. The summed E-state index contributed by atoms with van der Waals surface area (Å²) in [6, 6.07) is 7.01. The number of anilines is 1. The predicted molar refractivity (Wildman–Crippen MR) is 82.7 cm³/mol. The zero-order valence-corrected chi connectivity index (χ0v) is 13.4. The third-order valence-corrected chi connectivity index (χ3v) is 3.50. The number of rotatable bonds is 7. The Kier molecular flexibility index (Phi) is 5.87. The van der Waals surface area contributed by atoms with Gasteiger partial charge in [0.25, 0.3) is 5.91 Å². The second-order valence-electron chi connectivity index (χ2n) is 4.24. The number of hydrogen-bond acceptors (Lipinski definition) is 8. The van der Waals surface area contributed by atoms with E-state index in [1.807, 2.05) is 0 Å². The first-order chi connectivity index (χ1) is 11.1. The summed E-state index contributed by atoms with van der Waals surface area (Å²) in [7, 11) is 2.81. The fourth-order valence-electron chi connectivity index (χ4n) is 1.61. The molecule has 1 aromatic carbocycles. The lowest BCUT2D eigenvalue weighted by molar-refractivity contribution is -0.139. The van der Waals surface area contributed by atoms with E-state index >= 15 is 0 Å². The lowest BCUT2D eigenvalue weighted by atomic mass is 10.3. The fraction of sp³-hybridized carbons (Fsp3) is 0.286. The summed E-state index contributed by atoms with van der Waals surface area (Å²) in [5, 5.41) is 10.9. The van der Waals surface area contributed by atoms with E-state index in [1.54, 1.807) is 24.3 Å². The standard InChI is InChI=1S/C14H15N3O5S/c1-20-9-5-3-4-6-10(9)22-8-11(18)15-14-17-16-12(23-14)7-13(19)21-2/h3-6H,7-8H2,1-2H3,(H,15,17,18). The first-order valence-electron chi connectivity index (χ1n) is 6.57. The van der Waals surface area contributed by atoms with E-state index in [0.717, 1.165) is 11.3 Å². The highest BCUT2D eigenvalue weighted by molar-refractivity contribution is 7.15. The van der Waals surface area contributed by atoms with Gasteiger partial charge in [-0.3, -0.25) is 14.9 Å². The van der Waals surface area contributed by atoms with E-state index in [-0.39, 0.29) is 18.2 Å². The number of ether oxygens (including phenoxy) is 3. The maximum atomic E-state index is 11.8. The Balaban J connectivity index is 1.86. The van der Waals surface area contributed by atoms with Crippen LogP contribution in [0.25, 0.3) is 0 Å². The van der Waals surface area contributed by atoms with Gasteiger partial charge >= 0.3 is 5.97 Å². The number of para-hydroxylation sites is 2. The van der Waals surface area contributed by atoms with E-state index < -0.39 is 11.9 Å².